The van der Waals surface area contributed by atoms with Gasteiger partial charge < -0.3 is 4.90 Å². The summed E-state index contributed by atoms with van der Waals surface area (Å²) in [6, 6.07) is 8.66. The van der Waals surface area contributed by atoms with Crippen LogP contribution < -0.4 is 4.90 Å². The average Bonchev–Trinajstić information content (AvgIpc) is 2.47. The van der Waals surface area contributed by atoms with Crippen LogP contribution >= 0.6 is 11.8 Å². The summed E-state index contributed by atoms with van der Waals surface area (Å²) in [5.74, 6) is 0.787. The molecule has 2 rings (SSSR count). The summed E-state index contributed by atoms with van der Waals surface area (Å²) < 4.78 is 0. The Morgan fingerprint density at radius 2 is 1.71 bits per heavy atom. The van der Waals surface area contributed by atoms with Gasteiger partial charge in [-0.15, -0.1) is 11.8 Å². The molecule has 1 aromatic carbocycles. The number of rotatable bonds is 5. The second kappa shape index (κ2) is 6.94. The molecule has 1 aromatic heterocycles. The molecule has 0 aliphatic rings. The molecule has 4 heteroatoms. The average molecular weight is 301 g/mol. The minimum absolute atomic E-state index is 0.787. The van der Waals surface area contributed by atoms with Crippen LogP contribution in [0.3, 0.4) is 0 Å². The lowest BCUT2D eigenvalue weighted by atomic mass is 10.1. The molecule has 0 fully saturated rings. The van der Waals surface area contributed by atoms with Crippen LogP contribution in [0.4, 0.5) is 11.6 Å². The molecule has 0 N–H and O–H groups in total. The second-order valence-electron chi connectivity index (χ2n) is 5.05. The lowest BCUT2D eigenvalue weighted by molar-refractivity contribution is 0.909. The van der Waals surface area contributed by atoms with Gasteiger partial charge in [-0.2, -0.15) is 0 Å². The monoisotopic (exact) mass is 301 g/mol. The highest BCUT2D eigenvalue weighted by atomic mass is 32.2. The van der Waals surface area contributed by atoms with Gasteiger partial charge >= 0.3 is 0 Å². The molecule has 0 radical (unpaired) electrons. The molecule has 0 amide bonds. The summed E-state index contributed by atoms with van der Waals surface area (Å²) in [6.45, 7) is 9.20. The van der Waals surface area contributed by atoms with Crippen molar-refractivity contribution in [3.63, 3.8) is 0 Å². The third kappa shape index (κ3) is 3.56. The Bertz CT molecular complexity index is 605. The summed E-state index contributed by atoms with van der Waals surface area (Å²) in [5.41, 5.74) is 4.56. The SMILES string of the molecule is CCc1ccc(N(CC)c2nc(C)cc(C)n2)c(SC)c1. The highest BCUT2D eigenvalue weighted by Gasteiger charge is 2.15. The van der Waals surface area contributed by atoms with Gasteiger partial charge in [0.25, 0.3) is 0 Å². The Kier molecular flexibility index (Phi) is 5.23. The summed E-state index contributed by atoms with van der Waals surface area (Å²) in [6.07, 6.45) is 3.18. The van der Waals surface area contributed by atoms with Crippen molar-refractivity contribution in [1.82, 2.24) is 9.97 Å². The Balaban J connectivity index is 2.50. The molecule has 3 nitrogen and oxygen atoms in total. The Morgan fingerprint density at radius 1 is 1.05 bits per heavy atom. The molecule has 0 saturated heterocycles. The van der Waals surface area contributed by atoms with Crippen LogP contribution in [0.1, 0.15) is 30.8 Å². The molecule has 0 spiro atoms. The van der Waals surface area contributed by atoms with E-state index in [1.807, 2.05) is 19.9 Å². The Hall–Kier alpha value is -1.55. The third-order valence-corrected chi connectivity index (χ3v) is 4.24. The minimum atomic E-state index is 0.787. The number of hydrogen-bond acceptors (Lipinski definition) is 4. The van der Waals surface area contributed by atoms with Crippen molar-refractivity contribution in [3.8, 4) is 0 Å². The number of aromatic nitrogens is 2. The normalized spacial score (nSPS) is 10.7. The molecule has 2 aromatic rings. The molecule has 0 saturated carbocycles. The maximum absolute atomic E-state index is 4.61. The number of anilines is 2. The standard InChI is InChI=1S/C17H23N3S/c1-6-14-8-9-15(16(11-14)21-5)20(7-2)17-18-12(3)10-13(4)19-17/h8-11H,6-7H2,1-5H3. The zero-order chi connectivity index (χ0) is 15.4. The van der Waals surface area contributed by atoms with E-state index in [2.05, 4.69) is 53.2 Å². The predicted molar refractivity (Wildman–Crippen MR) is 91.8 cm³/mol. The van der Waals surface area contributed by atoms with E-state index in [0.717, 1.165) is 30.3 Å². The number of nitrogens with zero attached hydrogens (tertiary/aromatic N) is 3. The van der Waals surface area contributed by atoms with E-state index >= 15 is 0 Å². The summed E-state index contributed by atoms with van der Waals surface area (Å²) in [5, 5.41) is 0. The van der Waals surface area contributed by atoms with Gasteiger partial charge in [-0.1, -0.05) is 13.0 Å². The van der Waals surface area contributed by atoms with Crippen molar-refractivity contribution in [2.45, 2.75) is 39.0 Å². The van der Waals surface area contributed by atoms with Crippen molar-refractivity contribution in [2.75, 3.05) is 17.7 Å². The van der Waals surface area contributed by atoms with Crippen LogP contribution in [0.2, 0.25) is 0 Å². The quantitative estimate of drug-likeness (QED) is 0.758. The van der Waals surface area contributed by atoms with Crippen LogP contribution in [-0.2, 0) is 6.42 Å². The molecular formula is C17H23N3S. The number of aryl methyl sites for hydroxylation is 3. The zero-order valence-corrected chi connectivity index (χ0v) is 14.3. The lowest BCUT2D eigenvalue weighted by Gasteiger charge is -2.24. The van der Waals surface area contributed by atoms with E-state index in [1.165, 1.54) is 16.1 Å². The van der Waals surface area contributed by atoms with Crippen molar-refractivity contribution in [1.29, 1.82) is 0 Å². The molecule has 0 bridgehead atoms. The van der Waals surface area contributed by atoms with E-state index in [9.17, 15) is 0 Å². The summed E-state index contributed by atoms with van der Waals surface area (Å²) >= 11 is 1.77. The van der Waals surface area contributed by atoms with Gasteiger partial charge in [0.1, 0.15) is 0 Å². The van der Waals surface area contributed by atoms with Crippen molar-refractivity contribution < 1.29 is 0 Å². The van der Waals surface area contributed by atoms with Crippen molar-refractivity contribution in [3.05, 3.63) is 41.2 Å². The van der Waals surface area contributed by atoms with Crippen LogP contribution in [0.5, 0.6) is 0 Å². The van der Waals surface area contributed by atoms with Gasteiger partial charge in [0.2, 0.25) is 5.95 Å². The number of hydrogen-bond donors (Lipinski definition) is 0. The van der Waals surface area contributed by atoms with Crippen LogP contribution in [0, 0.1) is 13.8 Å². The van der Waals surface area contributed by atoms with Crippen LogP contribution in [-0.4, -0.2) is 22.8 Å². The largest absolute Gasteiger partial charge is 0.310 e. The van der Waals surface area contributed by atoms with Gasteiger partial charge in [0, 0.05) is 22.8 Å². The van der Waals surface area contributed by atoms with E-state index in [1.54, 1.807) is 11.8 Å². The summed E-state index contributed by atoms with van der Waals surface area (Å²) in [4.78, 5) is 12.7. The molecule has 21 heavy (non-hydrogen) atoms. The van der Waals surface area contributed by atoms with Crippen LogP contribution in [0.25, 0.3) is 0 Å². The maximum atomic E-state index is 4.61. The molecular weight excluding hydrogens is 278 g/mol. The fourth-order valence-electron chi connectivity index (χ4n) is 2.41. The zero-order valence-electron chi connectivity index (χ0n) is 13.5. The van der Waals surface area contributed by atoms with Gasteiger partial charge in [0.15, 0.2) is 0 Å². The van der Waals surface area contributed by atoms with E-state index in [-0.39, 0.29) is 0 Å². The topological polar surface area (TPSA) is 29.0 Å². The predicted octanol–water partition coefficient (Wildman–Crippen LogP) is 4.54. The molecule has 0 aliphatic carbocycles. The van der Waals surface area contributed by atoms with Gasteiger partial charge in [-0.05, 0) is 57.2 Å². The van der Waals surface area contributed by atoms with E-state index in [0.29, 0.717) is 0 Å². The third-order valence-electron chi connectivity index (χ3n) is 3.47. The fraction of sp³-hybridized carbons (Fsp3) is 0.412. The first-order valence-electron chi connectivity index (χ1n) is 7.35. The fourth-order valence-corrected chi connectivity index (χ4v) is 3.07. The van der Waals surface area contributed by atoms with Crippen molar-refractivity contribution in [2.24, 2.45) is 0 Å². The van der Waals surface area contributed by atoms with E-state index < -0.39 is 0 Å². The number of thioether (sulfide) groups is 1. The minimum Gasteiger partial charge on any atom is -0.310 e. The number of benzene rings is 1. The lowest BCUT2D eigenvalue weighted by Crippen LogP contribution is -2.20. The molecule has 0 unspecified atom stereocenters. The Morgan fingerprint density at radius 3 is 2.24 bits per heavy atom. The second-order valence-corrected chi connectivity index (χ2v) is 5.90. The first-order valence-corrected chi connectivity index (χ1v) is 8.58. The first-order chi connectivity index (χ1) is 10.1. The van der Waals surface area contributed by atoms with Crippen molar-refractivity contribution >= 4 is 23.4 Å². The molecule has 0 atom stereocenters. The Labute approximate surface area is 131 Å². The highest BCUT2D eigenvalue weighted by molar-refractivity contribution is 7.98. The molecule has 0 aliphatic heterocycles. The molecule has 1 heterocycles. The molecule has 112 valence electrons. The highest BCUT2D eigenvalue weighted by Crippen LogP contribution is 2.33. The van der Waals surface area contributed by atoms with Gasteiger partial charge in [0.05, 0.1) is 5.69 Å². The van der Waals surface area contributed by atoms with E-state index in [4.69, 9.17) is 0 Å². The smallest absolute Gasteiger partial charge is 0.230 e. The van der Waals surface area contributed by atoms with Gasteiger partial charge in [-0.25, -0.2) is 9.97 Å². The van der Waals surface area contributed by atoms with Crippen LogP contribution in [0.15, 0.2) is 29.2 Å². The first kappa shape index (κ1) is 15.8. The summed E-state index contributed by atoms with van der Waals surface area (Å²) in [7, 11) is 0. The maximum Gasteiger partial charge on any atom is 0.230 e. The van der Waals surface area contributed by atoms with Gasteiger partial charge in [-0.3, -0.25) is 0 Å².